The third kappa shape index (κ3) is 3.64. The van der Waals surface area contributed by atoms with E-state index in [9.17, 15) is 4.79 Å². The maximum Gasteiger partial charge on any atom is 0.224 e. The van der Waals surface area contributed by atoms with E-state index in [-0.39, 0.29) is 11.9 Å². The molecule has 0 radical (unpaired) electrons. The number of fused-ring (bicyclic) bond motifs is 1. The molecule has 4 nitrogen and oxygen atoms in total. The Balaban J connectivity index is 2.03. The molecule has 0 fully saturated rings. The van der Waals surface area contributed by atoms with Crippen LogP contribution in [0.25, 0.3) is 11.0 Å². The number of hydrogen-bond donors (Lipinski definition) is 2. The Hall–Kier alpha value is -1.81. The molecule has 0 saturated carbocycles. The van der Waals surface area contributed by atoms with Crippen molar-refractivity contribution in [2.45, 2.75) is 40.2 Å². The lowest BCUT2D eigenvalue weighted by atomic mass is 10.0. The van der Waals surface area contributed by atoms with Crippen LogP contribution >= 0.6 is 0 Å². The normalized spacial score (nSPS) is 12.6. The lowest BCUT2D eigenvalue weighted by Crippen LogP contribution is -2.39. The van der Waals surface area contributed by atoms with Gasteiger partial charge in [0.2, 0.25) is 5.91 Å². The second-order valence-corrected chi connectivity index (χ2v) is 5.58. The third-order valence-electron chi connectivity index (χ3n) is 3.85. The fourth-order valence-electron chi connectivity index (χ4n) is 2.45. The summed E-state index contributed by atoms with van der Waals surface area (Å²) in [6.07, 6.45) is 2.05. The van der Waals surface area contributed by atoms with Crippen molar-refractivity contribution >= 4 is 16.9 Å². The van der Waals surface area contributed by atoms with Gasteiger partial charge in [-0.15, -0.1) is 0 Å². The lowest BCUT2D eigenvalue weighted by Gasteiger charge is -2.12. The molecule has 2 N–H and O–H groups in total. The summed E-state index contributed by atoms with van der Waals surface area (Å²) in [5.74, 6) is 0.0284. The van der Waals surface area contributed by atoms with Gasteiger partial charge in [0.05, 0.1) is 12.7 Å². The maximum atomic E-state index is 12.0. The number of hydrogen-bond acceptors (Lipinski definition) is 3. The van der Waals surface area contributed by atoms with Crippen molar-refractivity contribution in [2.24, 2.45) is 0 Å². The van der Waals surface area contributed by atoms with Gasteiger partial charge in [0.25, 0.3) is 0 Å². The Morgan fingerprint density at radius 3 is 2.81 bits per heavy atom. The smallest absolute Gasteiger partial charge is 0.224 e. The number of furan rings is 1. The number of amides is 1. The molecule has 4 heteroatoms. The minimum Gasteiger partial charge on any atom is -0.464 e. The fraction of sp³-hybridized carbons (Fsp3) is 0.471. The molecule has 21 heavy (non-hydrogen) atoms. The van der Waals surface area contributed by atoms with Crippen molar-refractivity contribution in [3.63, 3.8) is 0 Å². The highest BCUT2D eigenvalue weighted by Crippen LogP contribution is 2.26. The number of rotatable bonds is 6. The molecule has 0 unspecified atom stereocenters. The lowest BCUT2D eigenvalue weighted by molar-refractivity contribution is -0.120. The number of nitrogens with one attached hydrogen (secondary N) is 2. The van der Waals surface area contributed by atoms with Crippen LogP contribution in [-0.2, 0) is 11.2 Å². The van der Waals surface area contributed by atoms with Crippen LogP contribution in [0.2, 0.25) is 0 Å². The topological polar surface area (TPSA) is 54.3 Å². The first-order valence-electron chi connectivity index (χ1n) is 7.49. The SMILES string of the molecule is CCN[C@H](C)CNC(=O)Cc1coc2c(C)c(C)ccc12. The number of carbonyl (C=O) groups is 1. The largest absolute Gasteiger partial charge is 0.464 e. The predicted molar refractivity (Wildman–Crippen MR) is 85.5 cm³/mol. The van der Waals surface area contributed by atoms with Gasteiger partial charge in [-0.1, -0.05) is 19.1 Å². The molecular weight excluding hydrogens is 264 g/mol. The van der Waals surface area contributed by atoms with E-state index in [2.05, 4.69) is 37.5 Å². The highest BCUT2D eigenvalue weighted by molar-refractivity contribution is 5.89. The van der Waals surface area contributed by atoms with Gasteiger partial charge in [0.15, 0.2) is 0 Å². The third-order valence-corrected chi connectivity index (χ3v) is 3.85. The van der Waals surface area contributed by atoms with Crippen LogP contribution in [0.4, 0.5) is 0 Å². The number of benzene rings is 1. The highest BCUT2D eigenvalue weighted by Gasteiger charge is 2.13. The Morgan fingerprint density at radius 2 is 2.10 bits per heavy atom. The van der Waals surface area contributed by atoms with Crippen LogP contribution in [0, 0.1) is 13.8 Å². The van der Waals surface area contributed by atoms with Gasteiger partial charge in [-0.25, -0.2) is 0 Å². The molecular formula is C17H24N2O2. The van der Waals surface area contributed by atoms with Gasteiger partial charge in [-0.2, -0.15) is 0 Å². The minimum absolute atomic E-state index is 0.0284. The van der Waals surface area contributed by atoms with Crippen molar-refractivity contribution in [1.82, 2.24) is 10.6 Å². The van der Waals surface area contributed by atoms with Gasteiger partial charge < -0.3 is 15.1 Å². The number of aryl methyl sites for hydroxylation is 2. The summed E-state index contributed by atoms with van der Waals surface area (Å²) in [5, 5.41) is 7.26. The molecule has 0 bridgehead atoms. The van der Waals surface area contributed by atoms with E-state index in [0.717, 1.165) is 28.6 Å². The van der Waals surface area contributed by atoms with Gasteiger partial charge in [-0.05, 0) is 38.4 Å². The first-order valence-corrected chi connectivity index (χ1v) is 7.49. The maximum absolute atomic E-state index is 12.0. The van der Waals surface area contributed by atoms with Crippen LogP contribution < -0.4 is 10.6 Å². The van der Waals surface area contributed by atoms with Crippen LogP contribution in [0.1, 0.15) is 30.5 Å². The van der Waals surface area contributed by atoms with Crippen LogP contribution in [0.15, 0.2) is 22.8 Å². The molecule has 2 rings (SSSR count). The Morgan fingerprint density at radius 1 is 1.33 bits per heavy atom. The Labute approximate surface area is 125 Å². The van der Waals surface area contributed by atoms with Gasteiger partial charge in [0, 0.05) is 23.5 Å². The van der Waals surface area contributed by atoms with Crippen molar-refractivity contribution in [3.8, 4) is 0 Å². The average Bonchev–Trinajstić information content (AvgIpc) is 2.85. The predicted octanol–water partition coefficient (Wildman–Crippen LogP) is 2.71. The zero-order chi connectivity index (χ0) is 15.4. The van der Waals surface area contributed by atoms with Gasteiger partial charge in [0.1, 0.15) is 5.58 Å². The number of carbonyl (C=O) groups excluding carboxylic acids is 1. The van der Waals surface area contributed by atoms with E-state index in [4.69, 9.17) is 4.42 Å². The van der Waals surface area contributed by atoms with E-state index >= 15 is 0 Å². The highest BCUT2D eigenvalue weighted by atomic mass is 16.3. The first kappa shape index (κ1) is 15.6. The van der Waals surface area contributed by atoms with Crippen molar-refractivity contribution < 1.29 is 9.21 Å². The summed E-state index contributed by atoms with van der Waals surface area (Å²) in [6, 6.07) is 4.39. The quantitative estimate of drug-likeness (QED) is 0.859. The average molecular weight is 288 g/mol. The van der Waals surface area contributed by atoms with Crippen molar-refractivity contribution in [2.75, 3.05) is 13.1 Å². The molecule has 1 amide bonds. The molecule has 1 atom stereocenters. The number of likely N-dealkylation sites (N-methyl/N-ethyl adjacent to an activating group) is 1. The summed E-state index contributed by atoms with van der Waals surface area (Å²) < 4.78 is 5.63. The zero-order valence-corrected chi connectivity index (χ0v) is 13.2. The summed E-state index contributed by atoms with van der Waals surface area (Å²) in [5.41, 5.74) is 4.17. The standard InChI is InChI=1S/C17H24N2O2/c1-5-18-12(3)9-19-16(20)8-14-10-21-17-13(4)11(2)6-7-15(14)17/h6-7,10,12,18H,5,8-9H2,1-4H3,(H,19,20)/t12-/m1/s1. The molecule has 1 aromatic heterocycles. The molecule has 2 aromatic rings. The van der Waals surface area contributed by atoms with E-state index < -0.39 is 0 Å². The first-order chi connectivity index (χ1) is 10.0. The fourth-order valence-corrected chi connectivity index (χ4v) is 2.45. The Kier molecular flexibility index (Phi) is 5.02. The monoisotopic (exact) mass is 288 g/mol. The van der Waals surface area contributed by atoms with Crippen LogP contribution in [0.5, 0.6) is 0 Å². The van der Waals surface area contributed by atoms with E-state index in [1.807, 2.05) is 13.0 Å². The molecule has 0 aliphatic rings. The van der Waals surface area contributed by atoms with Gasteiger partial charge in [-0.3, -0.25) is 4.79 Å². The van der Waals surface area contributed by atoms with E-state index in [1.165, 1.54) is 5.56 Å². The van der Waals surface area contributed by atoms with Crippen molar-refractivity contribution in [3.05, 3.63) is 35.1 Å². The second-order valence-electron chi connectivity index (χ2n) is 5.58. The second kappa shape index (κ2) is 6.76. The molecule has 1 heterocycles. The molecule has 1 aromatic carbocycles. The van der Waals surface area contributed by atoms with Crippen LogP contribution in [0.3, 0.4) is 0 Å². The minimum atomic E-state index is 0.0284. The summed E-state index contributed by atoms with van der Waals surface area (Å²) in [7, 11) is 0. The van der Waals surface area contributed by atoms with Gasteiger partial charge >= 0.3 is 0 Å². The van der Waals surface area contributed by atoms with Crippen LogP contribution in [-0.4, -0.2) is 25.0 Å². The molecule has 0 aliphatic carbocycles. The zero-order valence-electron chi connectivity index (χ0n) is 13.2. The molecule has 0 saturated heterocycles. The van der Waals surface area contributed by atoms with E-state index in [0.29, 0.717) is 13.0 Å². The summed E-state index contributed by atoms with van der Waals surface area (Å²) in [4.78, 5) is 12.0. The van der Waals surface area contributed by atoms with Crippen molar-refractivity contribution in [1.29, 1.82) is 0 Å². The molecule has 0 aliphatic heterocycles. The summed E-state index contributed by atoms with van der Waals surface area (Å²) in [6.45, 7) is 9.76. The summed E-state index contributed by atoms with van der Waals surface area (Å²) >= 11 is 0. The molecule has 114 valence electrons. The Bertz CT molecular complexity index is 631. The molecule has 0 spiro atoms. The van der Waals surface area contributed by atoms with E-state index in [1.54, 1.807) is 6.26 Å².